The van der Waals surface area contributed by atoms with Crippen molar-refractivity contribution < 1.29 is 75.1 Å². The van der Waals surface area contributed by atoms with Crippen molar-refractivity contribution in [1.82, 2.24) is 15.0 Å². The molecular weight excluding hydrogens is 1000 g/mol. The molecule has 0 saturated heterocycles. The zero-order valence-corrected chi connectivity index (χ0v) is 37.9. The highest BCUT2D eigenvalue weighted by molar-refractivity contribution is 7.87. The molecule has 0 fully saturated rings. The topological polar surface area (TPSA) is 419 Å². The average Bonchev–Trinajstić information content (AvgIpc) is 3.18. The highest BCUT2D eigenvalue weighted by atomic mass is 35.5. The predicted molar refractivity (Wildman–Crippen MR) is 228 cm³/mol. The maximum atomic E-state index is 12.9. The van der Waals surface area contributed by atoms with E-state index >= 15 is 0 Å². The number of rotatable bonds is 12. The minimum atomic E-state index is -5.46. The lowest BCUT2D eigenvalue weighted by Gasteiger charge is -2.20. The SMILES string of the molecule is Cc1cc(N=Nc2c(S(=O)(=O)O)cc3c(S(=O)(=O)O)c(N=c4nc(Cl)nc(N(C)c5cc(S(=O)(=O)O)ccc5C)[nH]4)ccc3c2O)c(O)cc1N=Nc1cc(S(=O)(=O)O)ccc1S(=O)(=O)O. The molecule has 5 aromatic carbocycles. The van der Waals surface area contributed by atoms with Gasteiger partial charge in [-0.1, -0.05) is 6.07 Å². The lowest BCUT2D eigenvalue weighted by Crippen LogP contribution is -2.22. The smallest absolute Gasteiger partial charge is 0.297 e. The summed E-state index contributed by atoms with van der Waals surface area (Å²) in [5, 5.41) is 35.1. The first-order chi connectivity index (χ1) is 30.3. The number of phenolic OH excluding ortho intramolecular Hbond substituents is 2. The van der Waals surface area contributed by atoms with E-state index in [-0.39, 0.29) is 22.9 Å². The maximum Gasteiger partial charge on any atom is 0.297 e. The molecule has 0 aliphatic carbocycles. The van der Waals surface area contributed by atoms with Crippen LogP contribution in [-0.2, 0) is 50.6 Å². The van der Waals surface area contributed by atoms with Gasteiger partial charge in [0, 0.05) is 29.6 Å². The summed E-state index contributed by atoms with van der Waals surface area (Å²) in [6.45, 7) is 2.94. The van der Waals surface area contributed by atoms with Crippen LogP contribution in [0.1, 0.15) is 11.1 Å². The number of hydrogen-bond acceptors (Lipinski definition) is 20. The number of nitrogens with one attached hydrogen (secondary N) is 1. The molecule has 26 nitrogen and oxygen atoms in total. The summed E-state index contributed by atoms with van der Waals surface area (Å²) in [5.41, 5.74) is -2.83. The molecule has 1 heterocycles. The summed E-state index contributed by atoms with van der Waals surface area (Å²) in [4.78, 5) is 11.3. The van der Waals surface area contributed by atoms with Gasteiger partial charge in [0.25, 0.3) is 50.6 Å². The van der Waals surface area contributed by atoms with Gasteiger partial charge in [0.2, 0.25) is 16.9 Å². The van der Waals surface area contributed by atoms with Crippen LogP contribution in [0.5, 0.6) is 11.5 Å². The van der Waals surface area contributed by atoms with Crippen molar-refractivity contribution in [1.29, 1.82) is 0 Å². The molecule has 0 spiro atoms. The molecule has 8 N–H and O–H groups in total. The Bertz CT molecular complexity index is 3770. The van der Waals surface area contributed by atoms with Gasteiger partial charge in [0.1, 0.15) is 37.5 Å². The molecule has 0 atom stereocenters. The van der Waals surface area contributed by atoms with E-state index in [0.29, 0.717) is 29.8 Å². The van der Waals surface area contributed by atoms with Gasteiger partial charge in [-0.2, -0.15) is 57.2 Å². The Labute approximate surface area is 377 Å². The molecular formula is C34H28ClN9O17S5. The fraction of sp³-hybridized carbons (Fsp3) is 0.0882. The molecule has 1 aromatic heterocycles. The molecule has 0 aliphatic rings. The van der Waals surface area contributed by atoms with Crippen molar-refractivity contribution in [3.63, 3.8) is 0 Å². The van der Waals surface area contributed by atoms with Crippen molar-refractivity contribution in [3.05, 3.63) is 88.8 Å². The number of aromatic amines is 1. The van der Waals surface area contributed by atoms with Crippen molar-refractivity contribution in [3.8, 4) is 11.5 Å². The van der Waals surface area contributed by atoms with E-state index in [1.807, 2.05) is 0 Å². The molecule has 0 radical (unpaired) electrons. The Morgan fingerprint density at radius 3 is 1.77 bits per heavy atom. The van der Waals surface area contributed by atoms with E-state index in [0.717, 1.165) is 36.4 Å². The normalized spacial score (nSPS) is 13.3. The van der Waals surface area contributed by atoms with Crippen molar-refractivity contribution in [2.24, 2.45) is 25.4 Å². The summed E-state index contributed by atoms with van der Waals surface area (Å²) >= 11 is 6.15. The first kappa shape index (κ1) is 49.1. The van der Waals surface area contributed by atoms with Crippen molar-refractivity contribution in [2.75, 3.05) is 11.9 Å². The molecule has 6 aromatic rings. The first-order valence-corrected chi connectivity index (χ1v) is 25.0. The number of aromatic nitrogens is 3. The number of nitrogens with zero attached hydrogens (tertiary/aromatic N) is 8. The summed E-state index contributed by atoms with van der Waals surface area (Å²) in [6.07, 6.45) is 0. The zero-order valence-electron chi connectivity index (χ0n) is 33.1. The summed E-state index contributed by atoms with van der Waals surface area (Å²) in [6, 6.07) is 9.94. The second kappa shape index (κ2) is 17.4. The number of H-pyrrole nitrogens is 1. The minimum Gasteiger partial charge on any atom is -0.506 e. The number of anilines is 2. The fourth-order valence-corrected chi connectivity index (χ4v) is 9.20. The molecule has 0 amide bonds. The van der Waals surface area contributed by atoms with Gasteiger partial charge < -0.3 is 15.1 Å². The number of azo groups is 2. The van der Waals surface area contributed by atoms with Crippen LogP contribution >= 0.6 is 11.6 Å². The van der Waals surface area contributed by atoms with E-state index in [9.17, 15) is 75.1 Å². The first-order valence-electron chi connectivity index (χ1n) is 17.4. The predicted octanol–water partition coefficient (Wildman–Crippen LogP) is 5.70. The summed E-state index contributed by atoms with van der Waals surface area (Å²) in [5.74, 6) is -2.07. The van der Waals surface area contributed by atoms with Crippen LogP contribution in [0.3, 0.4) is 0 Å². The average molecular weight is 1030 g/mol. The molecule has 32 heteroatoms. The monoisotopic (exact) mass is 1030 g/mol. The van der Waals surface area contributed by atoms with Crippen LogP contribution in [0.25, 0.3) is 10.8 Å². The number of fused-ring (bicyclic) bond motifs is 1. The van der Waals surface area contributed by atoms with Gasteiger partial charge in [0.05, 0.1) is 21.2 Å². The molecule has 6 rings (SSSR count). The maximum absolute atomic E-state index is 12.9. The summed E-state index contributed by atoms with van der Waals surface area (Å²) < 4.78 is 171. The van der Waals surface area contributed by atoms with Crippen molar-refractivity contribution in [2.45, 2.75) is 38.3 Å². The van der Waals surface area contributed by atoms with Crippen LogP contribution in [0, 0.1) is 13.8 Å². The van der Waals surface area contributed by atoms with E-state index < -0.39 is 131 Å². The highest BCUT2D eigenvalue weighted by Gasteiger charge is 2.28. The van der Waals surface area contributed by atoms with E-state index in [4.69, 9.17) is 11.6 Å². The van der Waals surface area contributed by atoms with Crippen LogP contribution in [0.4, 0.5) is 40.1 Å². The Balaban J connectivity index is 1.45. The van der Waals surface area contributed by atoms with Gasteiger partial charge in [-0.3, -0.25) is 27.7 Å². The van der Waals surface area contributed by atoms with E-state index in [2.05, 4.69) is 40.4 Å². The Kier molecular flexibility index (Phi) is 13.0. The Hall–Kier alpha value is -6.39. The van der Waals surface area contributed by atoms with Crippen LogP contribution in [0.2, 0.25) is 5.28 Å². The second-order valence-corrected chi connectivity index (χ2v) is 20.8. The number of aryl methyl sites for hydroxylation is 2. The van der Waals surface area contributed by atoms with Gasteiger partial charge in [-0.05, 0) is 91.2 Å². The lowest BCUT2D eigenvalue weighted by atomic mass is 10.1. The van der Waals surface area contributed by atoms with Crippen LogP contribution < -0.4 is 10.5 Å². The number of benzene rings is 5. The molecule has 348 valence electrons. The quantitative estimate of drug-likeness (QED) is 0.0538. The fourth-order valence-electron chi connectivity index (χ4n) is 5.96. The van der Waals surface area contributed by atoms with E-state index in [1.165, 1.54) is 24.9 Å². The van der Waals surface area contributed by atoms with Crippen molar-refractivity contribution >= 4 is 113 Å². The molecule has 0 bridgehead atoms. The third kappa shape index (κ3) is 10.5. The second-order valence-electron chi connectivity index (χ2n) is 13.5. The van der Waals surface area contributed by atoms with Gasteiger partial charge in [-0.25, -0.2) is 4.99 Å². The summed E-state index contributed by atoms with van der Waals surface area (Å²) in [7, 11) is -24.0. The third-order valence-electron chi connectivity index (χ3n) is 9.03. The zero-order chi connectivity index (χ0) is 49.1. The van der Waals surface area contributed by atoms with Gasteiger partial charge in [-0.15, -0.1) is 15.3 Å². The Morgan fingerprint density at radius 2 is 1.17 bits per heavy atom. The number of phenols is 2. The molecule has 66 heavy (non-hydrogen) atoms. The standard InChI is InChI=1S/C34H28ClN9O17S5/c1-15-4-5-18(63(50,51)52)12-25(15)44(3)34-38-32(35)37-33(39-34)36-21-8-7-19-20(31(21)66(59,60)61)13-28(65(56,57)58)29(30(19)46)43-41-23-10-16(2)22(14-26(23)45)40-42-24-11-17(62(47,48)49)6-9-27(24)64(53,54)55/h4-14,45-46H,1-3H3,(H,47,48,49)(H,50,51,52)(H,53,54,55)(H,56,57,58)(H,59,60,61)(H,36,37,38,39). The Morgan fingerprint density at radius 1 is 0.576 bits per heavy atom. The molecule has 0 saturated carbocycles. The van der Waals surface area contributed by atoms with Crippen LogP contribution in [0.15, 0.2) is 117 Å². The number of aromatic hydroxyl groups is 2. The molecule has 0 aliphatic heterocycles. The number of halogens is 1. The van der Waals surface area contributed by atoms with Crippen LogP contribution in [-0.4, -0.2) is 97.1 Å². The number of hydrogen-bond donors (Lipinski definition) is 8. The minimum absolute atomic E-state index is 0.0825. The van der Waals surface area contributed by atoms with Gasteiger partial charge >= 0.3 is 0 Å². The van der Waals surface area contributed by atoms with Gasteiger partial charge in [0.15, 0.2) is 5.75 Å². The van der Waals surface area contributed by atoms with E-state index in [1.54, 1.807) is 6.92 Å². The third-order valence-corrected chi connectivity index (χ3v) is 13.6. The highest BCUT2D eigenvalue weighted by Crippen LogP contribution is 2.46. The molecule has 0 unspecified atom stereocenters. The lowest BCUT2D eigenvalue weighted by molar-refractivity contribution is 0.470. The largest absolute Gasteiger partial charge is 0.506 e.